The molecule has 0 N–H and O–H groups in total. The summed E-state index contributed by atoms with van der Waals surface area (Å²) in [4.78, 5) is 28.6. The number of ether oxygens (including phenoxy) is 2. The third kappa shape index (κ3) is 4.54. The van der Waals surface area contributed by atoms with Gasteiger partial charge in [-0.15, -0.1) is 0 Å². The molecule has 0 radical (unpaired) electrons. The van der Waals surface area contributed by atoms with Crippen LogP contribution in [0.25, 0.3) is 0 Å². The third-order valence-electron chi connectivity index (χ3n) is 5.12. The fourth-order valence-corrected chi connectivity index (χ4v) is 5.03. The molecule has 3 saturated heterocycles. The van der Waals surface area contributed by atoms with Crippen molar-refractivity contribution in [3.8, 4) is 0 Å². The van der Waals surface area contributed by atoms with Gasteiger partial charge in [0.1, 0.15) is 6.04 Å². The number of rotatable bonds is 5. The first-order valence-electron chi connectivity index (χ1n) is 9.20. The minimum Gasteiger partial charge on any atom is -0.379 e. The van der Waals surface area contributed by atoms with Gasteiger partial charge in [0.05, 0.1) is 32.2 Å². The van der Waals surface area contributed by atoms with Crippen molar-refractivity contribution >= 4 is 21.8 Å². The summed E-state index contributed by atoms with van der Waals surface area (Å²) in [5.74, 6) is -0.526. The predicted molar refractivity (Wildman–Crippen MR) is 92.9 cm³/mol. The van der Waals surface area contributed by atoms with Gasteiger partial charge in [-0.05, 0) is 12.8 Å². The van der Waals surface area contributed by atoms with Crippen LogP contribution in [0.1, 0.15) is 19.3 Å². The van der Waals surface area contributed by atoms with Gasteiger partial charge >= 0.3 is 0 Å². The van der Waals surface area contributed by atoms with E-state index in [1.165, 1.54) is 4.31 Å². The van der Waals surface area contributed by atoms with Gasteiger partial charge in [-0.3, -0.25) is 9.59 Å². The molecule has 3 fully saturated rings. The van der Waals surface area contributed by atoms with Gasteiger partial charge in [-0.25, -0.2) is 8.42 Å². The van der Waals surface area contributed by atoms with E-state index in [9.17, 15) is 18.0 Å². The summed E-state index contributed by atoms with van der Waals surface area (Å²) in [6, 6.07) is -0.466. The average Bonchev–Trinajstić information content (AvgIpc) is 3.17. The SMILES string of the molecule is O=C([C@H]1CCCN1C(=O)CCS(=O)(=O)N1CCOCC1)N1CCOCC1. The normalized spacial score (nSPS) is 25.5. The summed E-state index contributed by atoms with van der Waals surface area (Å²) in [6.07, 6.45) is 1.31. The van der Waals surface area contributed by atoms with Crippen LogP contribution in [0, 0.1) is 0 Å². The van der Waals surface area contributed by atoms with Crippen LogP contribution in [0.3, 0.4) is 0 Å². The Balaban J connectivity index is 1.55. The molecule has 0 aromatic heterocycles. The van der Waals surface area contributed by atoms with E-state index in [0.29, 0.717) is 65.6 Å². The zero-order chi connectivity index (χ0) is 18.6. The molecule has 9 nitrogen and oxygen atoms in total. The van der Waals surface area contributed by atoms with Gasteiger partial charge in [0.25, 0.3) is 0 Å². The van der Waals surface area contributed by atoms with E-state index < -0.39 is 16.1 Å². The molecule has 0 unspecified atom stereocenters. The molecule has 148 valence electrons. The summed E-state index contributed by atoms with van der Waals surface area (Å²) in [5, 5.41) is 0. The van der Waals surface area contributed by atoms with E-state index in [4.69, 9.17) is 9.47 Å². The molecule has 2 amide bonds. The number of sulfonamides is 1. The Morgan fingerprint density at radius 3 is 2.19 bits per heavy atom. The summed E-state index contributed by atoms with van der Waals surface area (Å²) >= 11 is 0. The molecule has 3 heterocycles. The van der Waals surface area contributed by atoms with Crippen molar-refractivity contribution in [2.24, 2.45) is 0 Å². The lowest BCUT2D eigenvalue weighted by Gasteiger charge is -2.32. The molecule has 10 heteroatoms. The number of nitrogens with zero attached hydrogens (tertiary/aromatic N) is 3. The molecule has 0 spiro atoms. The maximum atomic E-state index is 12.7. The van der Waals surface area contributed by atoms with Crippen molar-refractivity contribution in [3.63, 3.8) is 0 Å². The molecule has 3 aliphatic heterocycles. The van der Waals surface area contributed by atoms with Crippen molar-refractivity contribution in [1.82, 2.24) is 14.1 Å². The molecule has 0 saturated carbocycles. The second-order valence-corrected chi connectivity index (χ2v) is 8.85. The van der Waals surface area contributed by atoms with Crippen molar-refractivity contribution in [3.05, 3.63) is 0 Å². The van der Waals surface area contributed by atoms with Crippen LogP contribution in [-0.2, 0) is 29.1 Å². The van der Waals surface area contributed by atoms with Gasteiger partial charge < -0.3 is 19.3 Å². The summed E-state index contributed by atoms with van der Waals surface area (Å²) in [6.45, 7) is 4.07. The van der Waals surface area contributed by atoms with Crippen LogP contribution in [0.4, 0.5) is 0 Å². The second-order valence-electron chi connectivity index (χ2n) is 6.76. The third-order valence-corrected chi connectivity index (χ3v) is 6.99. The van der Waals surface area contributed by atoms with Crippen LogP contribution in [-0.4, -0.2) is 105 Å². The summed E-state index contributed by atoms with van der Waals surface area (Å²) in [5.41, 5.74) is 0. The first-order valence-corrected chi connectivity index (χ1v) is 10.8. The largest absolute Gasteiger partial charge is 0.379 e. The van der Waals surface area contributed by atoms with E-state index in [0.717, 1.165) is 6.42 Å². The van der Waals surface area contributed by atoms with E-state index >= 15 is 0 Å². The number of carbonyl (C=O) groups excluding carboxylic acids is 2. The molecule has 0 aromatic rings. The Morgan fingerprint density at radius 2 is 1.54 bits per heavy atom. The lowest BCUT2D eigenvalue weighted by molar-refractivity contribution is -0.146. The van der Waals surface area contributed by atoms with E-state index in [1.54, 1.807) is 9.80 Å². The number of hydrogen-bond donors (Lipinski definition) is 0. The highest BCUT2D eigenvalue weighted by atomic mass is 32.2. The molecule has 0 bridgehead atoms. The number of amides is 2. The van der Waals surface area contributed by atoms with E-state index in [-0.39, 0.29) is 24.0 Å². The molecule has 3 rings (SSSR count). The number of morpholine rings is 2. The molecule has 0 aliphatic carbocycles. The number of likely N-dealkylation sites (tertiary alicyclic amines) is 1. The maximum absolute atomic E-state index is 12.7. The van der Waals surface area contributed by atoms with Crippen molar-refractivity contribution < 1.29 is 27.5 Å². The fraction of sp³-hybridized carbons (Fsp3) is 0.875. The first-order chi connectivity index (χ1) is 12.5. The first kappa shape index (κ1) is 19.5. The molecule has 3 aliphatic rings. The van der Waals surface area contributed by atoms with Gasteiger partial charge in [0.15, 0.2) is 0 Å². The second kappa shape index (κ2) is 8.64. The Kier molecular flexibility index (Phi) is 6.49. The van der Waals surface area contributed by atoms with Crippen molar-refractivity contribution in [2.45, 2.75) is 25.3 Å². The van der Waals surface area contributed by atoms with E-state index in [2.05, 4.69) is 0 Å². The van der Waals surface area contributed by atoms with Gasteiger partial charge in [0, 0.05) is 39.1 Å². The lowest BCUT2D eigenvalue weighted by Crippen LogP contribution is -2.51. The number of hydrogen-bond acceptors (Lipinski definition) is 6. The van der Waals surface area contributed by atoms with Crippen LogP contribution < -0.4 is 0 Å². The predicted octanol–water partition coefficient (Wildman–Crippen LogP) is -1.11. The highest BCUT2D eigenvalue weighted by Crippen LogP contribution is 2.21. The van der Waals surface area contributed by atoms with Gasteiger partial charge in [-0.1, -0.05) is 0 Å². The quantitative estimate of drug-likeness (QED) is 0.592. The van der Waals surface area contributed by atoms with Gasteiger partial charge in [-0.2, -0.15) is 4.31 Å². The van der Waals surface area contributed by atoms with Crippen LogP contribution in [0.2, 0.25) is 0 Å². The molecule has 0 aromatic carbocycles. The van der Waals surface area contributed by atoms with Crippen LogP contribution in [0.5, 0.6) is 0 Å². The molecule has 1 atom stereocenters. The standard InChI is InChI=1S/C16H27N3O6S/c20-15(3-13-26(22,23)18-7-11-25-12-8-18)19-4-1-2-14(19)16(21)17-5-9-24-10-6-17/h14H,1-13H2/t14-/m1/s1. The highest BCUT2D eigenvalue weighted by Gasteiger charge is 2.37. The zero-order valence-electron chi connectivity index (χ0n) is 15.0. The highest BCUT2D eigenvalue weighted by molar-refractivity contribution is 7.89. The maximum Gasteiger partial charge on any atom is 0.245 e. The minimum absolute atomic E-state index is 0.0461. The summed E-state index contributed by atoms with van der Waals surface area (Å²) < 4.78 is 36.6. The molecule has 26 heavy (non-hydrogen) atoms. The van der Waals surface area contributed by atoms with E-state index in [1.807, 2.05) is 0 Å². The Hall–Kier alpha value is -1.23. The summed E-state index contributed by atoms with van der Waals surface area (Å²) in [7, 11) is -3.47. The topological polar surface area (TPSA) is 96.5 Å². The molecular weight excluding hydrogens is 362 g/mol. The van der Waals surface area contributed by atoms with Crippen molar-refractivity contribution in [2.75, 3.05) is 64.9 Å². The van der Waals surface area contributed by atoms with Gasteiger partial charge in [0.2, 0.25) is 21.8 Å². The van der Waals surface area contributed by atoms with Crippen LogP contribution in [0.15, 0.2) is 0 Å². The zero-order valence-corrected chi connectivity index (χ0v) is 15.8. The number of carbonyl (C=O) groups is 2. The monoisotopic (exact) mass is 389 g/mol. The average molecular weight is 389 g/mol. The molecular formula is C16H27N3O6S. The Labute approximate surface area is 154 Å². The lowest BCUT2D eigenvalue weighted by atomic mass is 10.1. The Bertz CT molecular complexity index is 613. The Morgan fingerprint density at radius 1 is 0.923 bits per heavy atom. The van der Waals surface area contributed by atoms with Crippen LogP contribution >= 0.6 is 0 Å². The van der Waals surface area contributed by atoms with Crippen molar-refractivity contribution in [1.29, 1.82) is 0 Å². The fourth-order valence-electron chi connectivity index (χ4n) is 3.63. The minimum atomic E-state index is -3.47. The smallest absolute Gasteiger partial charge is 0.245 e.